The van der Waals surface area contributed by atoms with Gasteiger partial charge in [0.1, 0.15) is 11.6 Å². The zero-order valence-corrected chi connectivity index (χ0v) is 16.4. The number of alkyl halides is 3. The van der Waals surface area contributed by atoms with E-state index in [4.69, 9.17) is 14.3 Å². The fraction of sp³-hybridized carbons (Fsp3) is 0.556. The van der Waals surface area contributed by atoms with Gasteiger partial charge in [0.15, 0.2) is 12.1 Å². The number of β-amino-alcohol motifs (C(OH)–C–C–N with tert-alkyl or cyclic N) is 1. The van der Waals surface area contributed by atoms with E-state index in [1.54, 1.807) is 12.1 Å². The number of halogens is 3. The van der Waals surface area contributed by atoms with Crippen LogP contribution in [0.1, 0.15) is 12.5 Å². The number of rotatable bonds is 6. The molecule has 1 aromatic heterocycles. The van der Waals surface area contributed by atoms with Gasteiger partial charge in [-0.1, -0.05) is 5.16 Å². The molecule has 12 heteroatoms. The second-order valence-corrected chi connectivity index (χ2v) is 6.91. The molecule has 164 valence electrons. The van der Waals surface area contributed by atoms with Crippen LogP contribution in [0.3, 0.4) is 0 Å². The lowest BCUT2D eigenvalue weighted by Crippen LogP contribution is -2.52. The van der Waals surface area contributed by atoms with Crippen molar-refractivity contribution < 1.29 is 37.4 Å². The second kappa shape index (κ2) is 8.46. The van der Waals surface area contributed by atoms with E-state index < -0.39 is 42.2 Å². The Morgan fingerprint density at radius 3 is 2.73 bits per heavy atom. The quantitative estimate of drug-likeness (QED) is 0.677. The Kier molecular flexibility index (Phi) is 6.15. The van der Waals surface area contributed by atoms with Gasteiger partial charge in [-0.05, 0) is 19.1 Å². The van der Waals surface area contributed by atoms with E-state index in [-0.39, 0.29) is 18.1 Å². The van der Waals surface area contributed by atoms with Gasteiger partial charge < -0.3 is 19.4 Å². The number of pyridine rings is 1. The lowest BCUT2D eigenvalue weighted by molar-refractivity contribution is -0.199. The van der Waals surface area contributed by atoms with Crippen LogP contribution in [0, 0.1) is 11.8 Å². The molecule has 3 rings (SSSR count). The van der Waals surface area contributed by atoms with E-state index in [9.17, 15) is 23.1 Å². The number of carbonyl (C=O) groups excluding carboxylic acids is 1. The van der Waals surface area contributed by atoms with Crippen LogP contribution in [-0.4, -0.2) is 78.2 Å². The second-order valence-electron chi connectivity index (χ2n) is 6.91. The maximum atomic E-state index is 13.9. The van der Waals surface area contributed by atoms with Crippen LogP contribution < -0.4 is 4.74 Å². The minimum absolute atomic E-state index is 0.0556. The first-order valence-electron chi connectivity index (χ1n) is 9.05. The SMILES string of the molecule is COC(=O)C1C(c2cccnc2OC)=NOC1C1C=NN(C[C@@H](C)O)C1C(F)(F)F. The summed E-state index contributed by atoms with van der Waals surface area (Å²) >= 11 is 0. The van der Waals surface area contributed by atoms with Gasteiger partial charge in [0, 0.05) is 12.4 Å². The Hall–Kier alpha value is -2.89. The summed E-state index contributed by atoms with van der Waals surface area (Å²) < 4.78 is 51.6. The number of esters is 1. The molecule has 1 aromatic rings. The van der Waals surface area contributed by atoms with Crippen molar-refractivity contribution in [2.45, 2.75) is 31.3 Å². The molecule has 0 spiro atoms. The molecule has 0 saturated heterocycles. The Balaban J connectivity index is 1.97. The first-order valence-corrected chi connectivity index (χ1v) is 9.05. The van der Waals surface area contributed by atoms with Gasteiger partial charge in [0.2, 0.25) is 5.88 Å². The molecule has 0 aliphatic carbocycles. The fourth-order valence-electron chi connectivity index (χ4n) is 3.62. The van der Waals surface area contributed by atoms with Crippen LogP contribution in [0.25, 0.3) is 0 Å². The Morgan fingerprint density at radius 1 is 1.40 bits per heavy atom. The Bertz CT molecular complexity index is 845. The molecule has 0 radical (unpaired) electrons. The van der Waals surface area contributed by atoms with Gasteiger partial charge in [-0.3, -0.25) is 9.80 Å². The van der Waals surface area contributed by atoms with Gasteiger partial charge in [0.05, 0.1) is 38.3 Å². The third-order valence-electron chi connectivity index (χ3n) is 4.83. The molecule has 9 nitrogen and oxygen atoms in total. The maximum absolute atomic E-state index is 13.9. The minimum Gasteiger partial charge on any atom is -0.481 e. The summed E-state index contributed by atoms with van der Waals surface area (Å²) in [7, 11) is 2.49. The Labute approximate surface area is 170 Å². The topological polar surface area (TPSA) is 106 Å². The number of hydrogen-bond donors (Lipinski definition) is 1. The van der Waals surface area contributed by atoms with Crippen LogP contribution in [-0.2, 0) is 14.4 Å². The van der Waals surface area contributed by atoms with Crippen LogP contribution >= 0.6 is 0 Å². The molecular formula is C18H21F3N4O5. The lowest BCUT2D eigenvalue weighted by atomic mass is 9.82. The first-order chi connectivity index (χ1) is 14.2. The van der Waals surface area contributed by atoms with Crippen LogP contribution in [0.4, 0.5) is 13.2 Å². The zero-order valence-electron chi connectivity index (χ0n) is 16.4. The molecule has 30 heavy (non-hydrogen) atoms. The number of carbonyl (C=O) groups is 1. The van der Waals surface area contributed by atoms with Gasteiger partial charge in [-0.25, -0.2) is 4.98 Å². The smallest absolute Gasteiger partial charge is 0.411 e. The summed E-state index contributed by atoms with van der Waals surface area (Å²) in [4.78, 5) is 21.9. The predicted octanol–water partition coefficient (Wildman–Crippen LogP) is 1.21. The molecule has 0 saturated carbocycles. The van der Waals surface area contributed by atoms with Crippen molar-refractivity contribution in [3.63, 3.8) is 0 Å². The third kappa shape index (κ3) is 4.04. The summed E-state index contributed by atoms with van der Waals surface area (Å²) in [6.45, 7) is 1.02. The van der Waals surface area contributed by atoms with Crippen molar-refractivity contribution in [1.82, 2.24) is 9.99 Å². The summed E-state index contributed by atoms with van der Waals surface area (Å²) in [5, 5.41) is 18.0. The van der Waals surface area contributed by atoms with E-state index in [2.05, 4.69) is 15.2 Å². The molecular weight excluding hydrogens is 409 g/mol. The number of nitrogens with zero attached hydrogens (tertiary/aromatic N) is 4. The van der Waals surface area contributed by atoms with E-state index in [1.165, 1.54) is 20.2 Å². The van der Waals surface area contributed by atoms with Gasteiger partial charge >= 0.3 is 12.1 Å². The predicted molar refractivity (Wildman–Crippen MR) is 97.9 cm³/mol. The standard InChI is InChI=1S/C18H21F3N4O5/c1-9(26)8-25-15(18(19,20)21)11(7-23-25)14-12(17(27)29-3)13(24-30-14)10-5-4-6-22-16(10)28-2/h4-7,9,11-12,14-15,26H,8H2,1-3H3/t9-,11?,12?,14?,15?/m1/s1. The van der Waals surface area contributed by atoms with E-state index in [1.807, 2.05) is 0 Å². The molecule has 1 N–H and O–H groups in total. The number of hydrogen-bond acceptors (Lipinski definition) is 9. The van der Waals surface area contributed by atoms with Gasteiger partial charge in [-0.15, -0.1) is 0 Å². The molecule has 2 aliphatic rings. The Morgan fingerprint density at radius 2 is 2.13 bits per heavy atom. The largest absolute Gasteiger partial charge is 0.481 e. The number of oxime groups is 1. The minimum atomic E-state index is -4.70. The summed E-state index contributed by atoms with van der Waals surface area (Å²) in [5.41, 5.74) is 0.359. The number of aliphatic hydroxyl groups excluding tert-OH is 1. The number of methoxy groups -OCH3 is 2. The molecule has 0 amide bonds. The molecule has 0 fully saturated rings. The highest BCUT2D eigenvalue weighted by Gasteiger charge is 2.58. The van der Waals surface area contributed by atoms with E-state index in [0.29, 0.717) is 5.56 Å². The lowest BCUT2D eigenvalue weighted by Gasteiger charge is -2.32. The third-order valence-corrected chi connectivity index (χ3v) is 4.83. The average Bonchev–Trinajstić information content (AvgIpc) is 3.30. The van der Waals surface area contributed by atoms with Crippen molar-refractivity contribution in [1.29, 1.82) is 0 Å². The van der Waals surface area contributed by atoms with Crippen molar-refractivity contribution in [2.75, 3.05) is 20.8 Å². The molecule has 0 bridgehead atoms. The van der Waals surface area contributed by atoms with Crippen molar-refractivity contribution in [2.24, 2.45) is 22.1 Å². The van der Waals surface area contributed by atoms with E-state index in [0.717, 1.165) is 18.3 Å². The number of aliphatic hydroxyl groups is 1. The molecule has 0 aromatic carbocycles. The number of hydrazone groups is 1. The summed E-state index contributed by atoms with van der Waals surface area (Å²) in [5.74, 6) is -3.30. The van der Waals surface area contributed by atoms with Crippen molar-refractivity contribution >= 4 is 17.9 Å². The highest BCUT2D eigenvalue weighted by molar-refractivity contribution is 6.14. The highest BCUT2D eigenvalue weighted by Crippen LogP contribution is 2.40. The normalized spacial score (nSPS) is 26.9. The van der Waals surface area contributed by atoms with Crippen molar-refractivity contribution in [3.05, 3.63) is 23.9 Å². The molecule has 3 heterocycles. The number of ether oxygens (including phenoxy) is 2. The number of aromatic nitrogens is 1. The molecule has 4 unspecified atom stereocenters. The maximum Gasteiger partial charge on any atom is 0.411 e. The monoisotopic (exact) mass is 430 g/mol. The average molecular weight is 430 g/mol. The summed E-state index contributed by atoms with van der Waals surface area (Å²) in [6, 6.07) is 1.03. The summed E-state index contributed by atoms with van der Waals surface area (Å²) in [6.07, 6.45) is -4.54. The first kappa shape index (κ1) is 21.8. The van der Waals surface area contributed by atoms with Crippen LogP contribution in [0.15, 0.2) is 28.6 Å². The fourth-order valence-corrected chi connectivity index (χ4v) is 3.62. The van der Waals surface area contributed by atoms with E-state index >= 15 is 0 Å². The molecule has 5 atom stereocenters. The van der Waals surface area contributed by atoms with Crippen LogP contribution in [0.2, 0.25) is 0 Å². The zero-order chi connectivity index (χ0) is 22.1. The highest BCUT2D eigenvalue weighted by atomic mass is 19.4. The van der Waals surface area contributed by atoms with Crippen LogP contribution in [0.5, 0.6) is 5.88 Å². The van der Waals surface area contributed by atoms with Crippen molar-refractivity contribution in [3.8, 4) is 5.88 Å². The van der Waals surface area contributed by atoms with Gasteiger partial charge in [0.25, 0.3) is 0 Å². The molecule has 2 aliphatic heterocycles. The van der Waals surface area contributed by atoms with Gasteiger partial charge in [-0.2, -0.15) is 18.3 Å².